The van der Waals surface area contributed by atoms with Crippen LogP contribution >= 0.6 is 0 Å². The Morgan fingerprint density at radius 2 is 1.89 bits per heavy atom. The molecule has 0 aromatic carbocycles. The molecule has 0 heterocycles. The molecule has 0 aromatic rings. The van der Waals surface area contributed by atoms with Gasteiger partial charge in [0, 0.05) is 6.42 Å². The Hall–Kier alpha value is 0.890. The molecule has 0 amide bonds. The second-order valence-electron chi connectivity index (χ2n) is 2.69. The summed E-state index contributed by atoms with van der Waals surface area (Å²) in [6.07, 6.45) is 0.243. The summed E-state index contributed by atoms with van der Waals surface area (Å²) in [6.45, 7) is 4.71. The average Bonchev–Trinajstić information content (AvgIpc) is 1.21. The van der Waals surface area contributed by atoms with Crippen LogP contribution in [-0.2, 0) is 4.79 Å². The summed E-state index contributed by atoms with van der Waals surface area (Å²) in [5.41, 5.74) is -0.828. The van der Waals surface area contributed by atoms with Gasteiger partial charge >= 0.3 is 37.7 Å². The zero-order chi connectivity index (χ0) is 6.78. The Bertz CT molecular complexity index is 93.7. The third-order valence-corrected chi connectivity index (χ3v) is 0.682. The fourth-order valence-corrected chi connectivity index (χ4v) is 0.609. The van der Waals surface area contributed by atoms with Gasteiger partial charge in [-0.1, -0.05) is 0 Å². The van der Waals surface area contributed by atoms with Gasteiger partial charge in [-0.2, -0.15) is 0 Å². The molecule has 0 aliphatic heterocycles. The molecule has 0 aromatic heterocycles. The molecule has 0 radical (unpaired) electrons. The van der Waals surface area contributed by atoms with E-state index >= 15 is 0 Å². The van der Waals surface area contributed by atoms with Crippen molar-refractivity contribution in [1.29, 1.82) is 0 Å². The third kappa shape index (κ3) is 12.2. The van der Waals surface area contributed by atoms with E-state index in [4.69, 9.17) is 5.11 Å². The molecule has 0 unspecified atom stereocenters. The normalized spacial score (nSPS) is 10.2. The first kappa shape index (κ1) is 12.6. The van der Waals surface area contributed by atoms with Gasteiger partial charge in [-0.25, -0.2) is 0 Å². The molecule has 0 saturated carbocycles. The Kier molecular flexibility index (Phi) is 6.51. The third-order valence-electron chi connectivity index (χ3n) is 0.682. The van der Waals surface area contributed by atoms with Crippen LogP contribution < -0.4 is 0 Å². The van der Waals surface area contributed by atoms with Gasteiger partial charge in [0.2, 0.25) is 0 Å². The second kappa shape index (κ2) is 4.67. The summed E-state index contributed by atoms with van der Waals surface area (Å²) in [5, 5.41) is 8.97. The first-order valence-electron chi connectivity index (χ1n) is 2.63. The summed E-state index contributed by atoms with van der Waals surface area (Å²) < 4.78 is 0. The van der Waals surface area contributed by atoms with Crippen LogP contribution in [0, 0.1) is 0 Å². The van der Waals surface area contributed by atoms with Gasteiger partial charge in [0.1, 0.15) is 5.78 Å². The number of carbonyl (C=O) groups is 1. The maximum absolute atomic E-state index is 10.3. The molecule has 0 spiro atoms. The average molecular weight is 158 g/mol. The van der Waals surface area contributed by atoms with Crippen LogP contribution in [0.4, 0.5) is 0 Å². The molecule has 0 aliphatic carbocycles. The van der Waals surface area contributed by atoms with Crippen molar-refractivity contribution in [2.75, 3.05) is 0 Å². The number of rotatable bonds is 2. The van der Waals surface area contributed by atoms with Crippen molar-refractivity contribution in [3.63, 3.8) is 0 Å². The van der Waals surface area contributed by atoms with Crippen LogP contribution in [-0.4, -0.2) is 54.2 Å². The van der Waals surface area contributed by atoms with E-state index < -0.39 is 5.60 Å². The number of ketones is 1. The molecule has 9 heavy (non-hydrogen) atoms. The van der Waals surface area contributed by atoms with Crippen LogP contribution in [0.1, 0.15) is 27.2 Å². The predicted octanol–water partition coefficient (Wildman–Crippen LogP) is -0.180. The standard InChI is InChI=1S/C6H12O2.Ca.2H/c1-5(7)4-6(2,3)8;;;/h8H,4H2,1-3H3;;;. The van der Waals surface area contributed by atoms with Gasteiger partial charge < -0.3 is 5.11 Å². The van der Waals surface area contributed by atoms with E-state index in [1.54, 1.807) is 13.8 Å². The molecular formula is C6H14CaO2. The van der Waals surface area contributed by atoms with Gasteiger partial charge in [0.15, 0.2) is 0 Å². The van der Waals surface area contributed by atoms with Crippen LogP contribution in [0.15, 0.2) is 0 Å². The Morgan fingerprint density at radius 1 is 1.56 bits per heavy atom. The van der Waals surface area contributed by atoms with E-state index in [0.717, 1.165) is 0 Å². The zero-order valence-electron chi connectivity index (χ0n) is 5.56. The molecule has 0 fully saturated rings. The second-order valence-corrected chi connectivity index (χ2v) is 2.69. The van der Waals surface area contributed by atoms with Crippen molar-refractivity contribution in [3.8, 4) is 0 Å². The van der Waals surface area contributed by atoms with Crippen LogP contribution in [0.2, 0.25) is 0 Å². The molecule has 0 atom stereocenters. The number of hydrogen-bond donors (Lipinski definition) is 1. The quantitative estimate of drug-likeness (QED) is 0.566. The summed E-state index contributed by atoms with van der Waals surface area (Å²) in [7, 11) is 0. The minimum absolute atomic E-state index is 0. The number of aliphatic hydroxyl groups is 1. The van der Waals surface area contributed by atoms with Crippen molar-refractivity contribution in [1.82, 2.24) is 0 Å². The van der Waals surface area contributed by atoms with E-state index in [1.807, 2.05) is 0 Å². The topological polar surface area (TPSA) is 37.3 Å². The van der Waals surface area contributed by atoms with E-state index in [0.29, 0.717) is 0 Å². The van der Waals surface area contributed by atoms with Crippen molar-refractivity contribution in [3.05, 3.63) is 0 Å². The SMILES string of the molecule is CC(=O)CC(C)(C)O.[CaH2]. The van der Waals surface area contributed by atoms with E-state index in [-0.39, 0.29) is 49.9 Å². The molecule has 52 valence electrons. The first-order chi connectivity index (χ1) is 3.42. The maximum atomic E-state index is 10.3. The van der Waals surface area contributed by atoms with E-state index in [1.165, 1.54) is 6.92 Å². The fourth-order valence-electron chi connectivity index (χ4n) is 0.609. The molecule has 1 N–H and O–H groups in total. The van der Waals surface area contributed by atoms with Gasteiger partial charge in [-0.15, -0.1) is 0 Å². The molecular weight excluding hydrogens is 144 g/mol. The summed E-state index contributed by atoms with van der Waals surface area (Å²) >= 11 is 0. The number of hydrogen-bond acceptors (Lipinski definition) is 2. The summed E-state index contributed by atoms with van der Waals surface area (Å²) in [4.78, 5) is 10.3. The van der Waals surface area contributed by atoms with Crippen molar-refractivity contribution >= 4 is 43.5 Å². The first-order valence-corrected chi connectivity index (χ1v) is 2.63. The Balaban J connectivity index is 0. The molecule has 0 saturated heterocycles. The Morgan fingerprint density at radius 3 is 1.89 bits per heavy atom. The van der Waals surface area contributed by atoms with Crippen LogP contribution in [0.5, 0.6) is 0 Å². The molecule has 2 nitrogen and oxygen atoms in total. The summed E-state index contributed by atoms with van der Waals surface area (Å²) in [6, 6.07) is 0. The van der Waals surface area contributed by atoms with Crippen molar-refractivity contribution in [2.24, 2.45) is 0 Å². The molecule has 0 aliphatic rings. The van der Waals surface area contributed by atoms with E-state index in [2.05, 4.69) is 0 Å². The summed E-state index contributed by atoms with van der Waals surface area (Å²) in [5.74, 6) is 0.0255. The molecule has 0 rings (SSSR count). The number of Topliss-reactive ketones (excluding diaryl/α,β-unsaturated/α-hetero) is 1. The van der Waals surface area contributed by atoms with Gasteiger partial charge in [-0.05, 0) is 20.8 Å². The minimum atomic E-state index is -0.828. The fraction of sp³-hybridized carbons (Fsp3) is 0.833. The van der Waals surface area contributed by atoms with Crippen molar-refractivity contribution in [2.45, 2.75) is 32.8 Å². The van der Waals surface area contributed by atoms with Crippen molar-refractivity contribution < 1.29 is 9.90 Å². The van der Waals surface area contributed by atoms with Crippen LogP contribution in [0.3, 0.4) is 0 Å². The van der Waals surface area contributed by atoms with E-state index in [9.17, 15) is 4.79 Å². The monoisotopic (exact) mass is 158 g/mol. The number of carbonyl (C=O) groups excluding carboxylic acids is 1. The zero-order valence-corrected chi connectivity index (χ0v) is 5.56. The van der Waals surface area contributed by atoms with Gasteiger partial charge in [0.25, 0.3) is 0 Å². The van der Waals surface area contributed by atoms with Gasteiger partial charge in [0.05, 0.1) is 5.60 Å². The predicted molar refractivity (Wildman–Crippen MR) is 40.1 cm³/mol. The molecule has 3 heteroatoms. The van der Waals surface area contributed by atoms with Gasteiger partial charge in [-0.3, -0.25) is 4.79 Å². The molecule has 0 bridgehead atoms. The Labute approximate surface area is 85.6 Å². The van der Waals surface area contributed by atoms with Crippen LogP contribution in [0.25, 0.3) is 0 Å².